The largest absolute Gasteiger partial charge is 0.393 e. The predicted octanol–water partition coefficient (Wildman–Crippen LogP) is 4.75. The molecule has 1 saturated carbocycles. The van der Waals surface area contributed by atoms with Crippen LogP contribution >= 0.6 is 0 Å². The van der Waals surface area contributed by atoms with Gasteiger partial charge in [0.25, 0.3) is 0 Å². The molecule has 144 valence electrons. The zero-order valence-electron chi connectivity index (χ0n) is 14.7. The van der Waals surface area contributed by atoms with Crippen LogP contribution in [0.4, 0.5) is 23.7 Å². The molecule has 1 aliphatic carbocycles. The summed E-state index contributed by atoms with van der Waals surface area (Å²) in [5.41, 5.74) is 0.307. The highest BCUT2D eigenvalue weighted by atomic mass is 19.4. The van der Waals surface area contributed by atoms with Crippen LogP contribution in [0.5, 0.6) is 0 Å². The lowest BCUT2D eigenvalue weighted by Gasteiger charge is -2.31. The number of ether oxygens (including phenoxy) is 1. The molecule has 3 rings (SSSR count). The first-order chi connectivity index (χ1) is 12.4. The van der Waals surface area contributed by atoms with Crippen molar-refractivity contribution in [1.82, 2.24) is 4.90 Å². The van der Waals surface area contributed by atoms with Crippen LogP contribution in [-0.4, -0.2) is 42.4 Å². The zero-order chi connectivity index (χ0) is 18.6. The summed E-state index contributed by atoms with van der Waals surface area (Å²) < 4.78 is 44.0. The molecule has 4 nitrogen and oxygen atoms in total. The van der Waals surface area contributed by atoms with Crippen LogP contribution in [0, 0.1) is 0 Å². The number of carbonyl (C=O) groups is 1. The average Bonchev–Trinajstić information content (AvgIpc) is 3.26. The van der Waals surface area contributed by atoms with E-state index in [2.05, 4.69) is 5.32 Å². The molecule has 2 amide bonds. The highest BCUT2D eigenvalue weighted by molar-refractivity contribution is 5.90. The van der Waals surface area contributed by atoms with E-state index < -0.39 is 12.6 Å². The van der Waals surface area contributed by atoms with Gasteiger partial charge in [-0.2, -0.15) is 13.2 Å². The van der Waals surface area contributed by atoms with Crippen molar-refractivity contribution in [2.45, 2.75) is 63.3 Å². The van der Waals surface area contributed by atoms with E-state index in [9.17, 15) is 18.0 Å². The molecule has 26 heavy (non-hydrogen) atoms. The van der Waals surface area contributed by atoms with Crippen molar-refractivity contribution in [3.63, 3.8) is 0 Å². The monoisotopic (exact) mass is 370 g/mol. The normalized spacial score (nSPS) is 21.1. The Bertz CT molecular complexity index is 609. The number of para-hydroxylation sites is 1. The van der Waals surface area contributed by atoms with Crippen LogP contribution in [0.15, 0.2) is 24.3 Å². The van der Waals surface area contributed by atoms with Gasteiger partial charge < -0.3 is 15.0 Å². The van der Waals surface area contributed by atoms with E-state index in [1.165, 1.54) is 12.1 Å². The van der Waals surface area contributed by atoms with Crippen LogP contribution in [0.25, 0.3) is 0 Å². The molecule has 2 aliphatic rings. The first kappa shape index (κ1) is 19.0. The third kappa shape index (κ3) is 5.13. The van der Waals surface area contributed by atoms with E-state index in [1.54, 1.807) is 17.0 Å². The number of nitrogens with one attached hydrogen (secondary N) is 1. The minimum absolute atomic E-state index is 0.0202. The van der Waals surface area contributed by atoms with Crippen molar-refractivity contribution < 1.29 is 22.7 Å². The molecule has 1 aliphatic heterocycles. The Hall–Kier alpha value is -1.76. The summed E-state index contributed by atoms with van der Waals surface area (Å²) in [5.74, 6) is 0. The van der Waals surface area contributed by atoms with E-state index in [1.807, 2.05) is 0 Å². The Labute approximate surface area is 151 Å². The maximum atomic E-state index is 12.9. The van der Waals surface area contributed by atoms with E-state index >= 15 is 0 Å². The van der Waals surface area contributed by atoms with Crippen LogP contribution < -0.4 is 5.32 Å². The van der Waals surface area contributed by atoms with Gasteiger partial charge in [-0.05, 0) is 37.3 Å². The van der Waals surface area contributed by atoms with Gasteiger partial charge in [0, 0.05) is 24.9 Å². The van der Waals surface area contributed by atoms with Gasteiger partial charge in [0.05, 0.1) is 12.5 Å². The molecule has 0 aromatic heterocycles. The van der Waals surface area contributed by atoms with Gasteiger partial charge in [0.15, 0.2) is 0 Å². The number of alkyl halides is 3. The smallest absolute Gasteiger partial charge is 0.376 e. The van der Waals surface area contributed by atoms with Gasteiger partial charge in [-0.15, -0.1) is 0 Å². The molecular weight excluding hydrogens is 345 g/mol. The van der Waals surface area contributed by atoms with Gasteiger partial charge >= 0.3 is 12.2 Å². The van der Waals surface area contributed by atoms with Gasteiger partial charge in [-0.25, -0.2) is 4.79 Å². The molecule has 2 fully saturated rings. The number of benzene rings is 1. The second-order valence-corrected chi connectivity index (χ2v) is 7.10. The van der Waals surface area contributed by atoms with Crippen LogP contribution in [-0.2, 0) is 11.2 Å². The molecule has 0 spiro atoms. The predicted molar refractivity (Wildman–Crippen MR) is 93.2 cm³/mol. The highest BCUT2D eigenvalue weighted by Crippen LogP contribution is 2.29. The molecule has 1 aromatic carbocycles. The Morgan fingerprint density at radius 1 is 1.15 bits per heavy atom. The molecule has 1 aromatic rings. The molecule has 1 heterocycles. The first-order valence-corrected chi connectivity index (χ1v) is 9.26. The van der Waals surface area contributed by atoms with Gasteiger partial charge in [-0.1, -0.05) is 31.0 Å². The van der Waals surface area contributed by atoms with E-state index in [0.29, 0.717) is 13.2 Å². The number of urea groups is 1. The lowest BCUT2D eigenvalue weighted by Crippen LogP contribution is -2.45. The van der Waals surface area contributed by atoms with Crippen molar-refractivity contribution in [3.8, 4) is 0 Å². The third-order valence-corrected chi connectivity index (χ3v) is 5.10. The average molecular weight is 370 g/mol. The number of hydrogen-bond acceptors (Lipinski definition) is 2. The summed E-state index contributed by atoms with van der Waals surface area (Å²) in [7, 11) is 0. The fourth-order valence-corrected chi connectivity index (χ4v) is 3.82. The number of carbonyl (C=O) groups excluding carboxylic acids is 1. The number of anilines is 1. The standard InChI is InChI=1S/C19H25F3N2O2/c20-19(21,22)12-14-6-1-4-10-17(14)23-18(25)24(15-7-2-3-8-15)13-16-9-5-11-26-16/h1,4,6,10,15-16H,2-3,5,7-9,11-13H2,(H,23,25). The molecule has 7 heteroatoms. The number of nitrogens with zero attached hydrogens (tertiary/aromatic N) is 1. The number of hydrogen-bond donors (Lipinski definition) is 1. The fraction of sp³-hybridized carbons (Fsp3) is 0.632. The Balaban J connectivity index is 1.72. The molecule has 0 bridgehead atoms. The molecule has 1 atom stereocenters. The lowest BCUT2D eigenvalue weighted by molar-refractivity contribution is -0.127. The second kappa shape index (κ2) is 8.29. The van der Waals surface area contributed by atoms with Gasteiger partial charge in [0.1, 0.15) is 0 Å². The zero-order valence-corrected chi connectivity index (χ0v) is 14.7. The minimum Gasteiger partial charge on any atom is -0.376 e. The van der Waals surface area contributed by atoms with Gasteiger partial charge in [0.2, 0.25) is 0 Å². The van der Waals surface area contributed by atoms with Crippen molar-refractivity contribution in [2.24, 2.45) is 0 Å². The Kier molecular flexibility index (Phi) is 6.06. The minimum atomic E-state index is -4.32. The fourth-order valence-electron chi connectivity index (χ4n) is 3.82. The van der Waals surface area contributed by atoms with Crippen molar-refractivity contribution in [1.29, 1.82) is 0 Å². The van der Waals surface area contributed by atoms with Gasteiger partial charge in [-0.3, -0.25) is 0 Å². The number of halogens is 3. The van der Waals surface area contributed by atoms with Crippen molar-refractivity contribution in [3.05, 3.63) is 29.8 Å². The van der Waals surface area contributed by atoms with E-state index in [0.717, 1.165) is 38.5 Å². The second-order valence-electron chi connectivity index (χ2n) is 7.10. The third-order valence-electron chi connectivity index (χ3n) is 5.10. The van der Waals surface area contributed by atoms with E-state index in [4.69, 9.17) is 4.74 Å². The van der Waals surface area contributed by atoms with Crippen LogP contribution in [0.3, 0.4) is 0 Å². The quantitative estimate of drug-likeness (QED) is 0.813. The SMILES string of the molecule is O=C(Nc1ccccc1CC(F)(F)F)N(CC1CCCO1)C1CCCC1. The molecular formula is C19H25F3N2O2. The molecule has 1 unspecified atom stereocenters. The summed E-state index contributed by atoms with van der Waals surface area (Å²) >= 11 is 0. The lowest BCUT2D eigenvalue weighted by atomic mass is 10.1. The van der Waals surface area contributed by atoms with Crippen LogP contribution in [0.1, 0.15) is 44.1 Å². The Morgan fingerprint density at radius 2 is 1.88 bits per heavy atom. The summed E-state index contributed by atoms with van der Waals surface area (Å²) in [6.07, 6.45) is 0.568. The Morgan fingerprint density at radius 3 is 2.54 bits per heavy atom. The maximum Gasteiger partial charge on any atom is 0.393 e. The molecule has 1 saturated heterocycles. The molecule has 1 N–H and O–H groups in total. The van der Waals surface area contributed by atoms with Crippen LogP contribution in [0.2, 0.25) is 0 Å². The topological polar surface area (TPSA) is 41.6 Å². The number of rotatable bonds is 5. The summed E-state index contributed by atoms with van der Waals surface area (Å²) in [4.78, 5) is 14.7. The summed E-state index contributed by atoms with van der Waals surface area (Å²) in [6.45, 7) is 1.21. The highest BCUT2D eigenvalue weighted by Gasteiger charge is 2.32. The summed E-state index contributed by atoms with van der Waals surface area (Å²) in [6, 6.07) is 5.92. The van der Waals surface area contributed by atoms with Crippen molar-refractivity contribution >= 4 is 11.7 Å². The summed E-state index contributed by atoms with van der Waals surface area (Å²) in [5, 5.41) is 2.72. The molecule has 0 radical (unpaired) electrons. The van der Waals surface area contributed by atoms with E-state index in [-0.39, 0.29) is 29.4 Å². The number of amides is 2. The first-order valence-electron chi connectivity index (χ1n) is 9.26. The maximum absolute atomic E-state index is 12.9. The van der Waals surface area contributed by atoms with Crippen molar-refractivity contribution in [2.75, 3.05) is 18.5 Å².